The zero-order valence-corrected chi connectivity index (χ0v) is 13.1. The summed E-state index contributed by atoms with van der Waals surface area (Å²) in [6.07, 6.45) is 0. The summed E-state index contributed by atoms with van der Waals surface area (Å²) in [6, 6.07) is 10.2. The molecular weight excluding hydrogens is 264 g/mol. The van der Waals surface area contributed by atoms with Gasteiger partial charge in [0.25, 0.3) is 0 Å². The topological polar surface area (TPSA) is 43.4 Å². The number of hydrogen-bond donors (Lipinski definition) is 1. The normalized spacial score (nSPS) is 11.2. The summed E-state index contributed by atoms with van der Waals surface area (Å²) in [7, 11) is 1.67. The van der Waals surface area contributed by atoms with Crippen molar-refractivity contribution >= 4 is 10.9 Å². The first-order chi connectivity index (χ1) is 10.2. The van der Waals surface area contributed by atoms with Crippen molar-refractivity contribution in [1.29, 1.82) is 0 Å². The Labute approximate surface area is 126 Å². The first kappa shape index (κ1) is 15.7. The van der Waals surface area contributed by atoms with E-state index in [0.29, 0.717) is 25.0 Å². The lowest BCUT2D eigenvalue weighted by Crippen LogP contribution is -2.19. The van der Waals surface area contributed by atoms with E-state index in [-0.39, 0.29) is 0 Å². The molecule has 0 saturated heterocycles. The molecule has 0 amide bonds. The van der Waals surface area contributed by atoms with E-state index >= 15 is 0 Å². The Morgan fingerprint density at radius 2 is 2.00 bits per heavy atom. The maximum absolute atomic E-state index is 5.66. The molecule has 1 heterocycles. The van der Waals surface area contributed by atoms with Crippen molar-refractivity contribution in [2.75, 3.05) is 26.9 Å². The third-order valence-corrected chi connectivity index (χ3v) is 3.18. The van der Waals surface area contributed by atoms with Gasteiger partial charge in [-0.2, -0.15) is 0 Å². The fraction of sp³-hybridized carbons (Fsp3) is 0.471. The van der Waals surface area contributed by atoms with E-state index in [2.05, 4.69) is 30.2 Å². The summed E-state index contributed by atoms with van der Waals surface area (Å²) in [6.45, 7) is 7.31. The number of benzene rings is 1. The van der Waals surface area contributed by atoms with Crippen LogP contribution in [0, 0.1) is 5.92 Å². The second-order valence-corrected chi connectivity index (χ2v) is 5.50. The molecule has 0 bridgehead atoms. The van der Waals surface area contributed by atoms with E-state index in [1.54, 1.807) is 7.11 Å². The van der Waals surface area contributed by atoms with Crippen molar-refractivity contribution in [3.8, 4) is 5.88 Å². The molecular formula is C17H24N2O2. The number of nitrogens with one attached hydrogen (secondary N) is 1. The minimum absolute atomic E-state index is 0.515. The molecule has 0 aliphatic heterocycles. The summed E-state index contributed by atoms with van der Waals surface area (Å²) >= 11 is 0. The highest BCUT2D eigenvalue weighted by atomic mass is 16.5. The van der Waals surface area contributed by atoms with Gasteiger partial charge in [-0.15, -0.1) is 0 Å². The fourth-order valence-corrected chi connectivity index (χ4v) is 2.17. The highest BCUT2D eigenvalue weighted by Gasteiger charge is 2.06. The average Bonchev–Trinajstić information content (AvgIpc) is 2.47. The van der Waals surface area contributed by atoms with Crippen LogP contribution in [0.1, 0.15) is 19.4 Å². The fourth-order valence-electron chi connectivity index (χ4n) is 2.17. The van der Waals surface area contributed by atoms with Crippen LogP contribution in [0.4, 0.5) is 0 Å². The highest BCUT2D eigenvalue weighted by Crippen LogP contribution is 2.22. The largest absolute Gasteiger partial charge is 0.475 e. The first-order valence-electron chi connectivity index (χ1n) is 7.42. The molecule has 2 rings (SSSR count). The van der Waals surface area contributed by atoms with E-state index in [4.69, 9.17) is 9.47 Å². The number of nitrogens with zero attached hydrogens (tertiary/aromatic N) is 1. The van der Waals surface area contributed by atoms with E-state index in [0.717, 1.165) is 18.6 Å². The van der Waals surface area contributed by atoms with Crippen LogP contribution < -0.4 is 10.1 Å². The van der Waals surface area contributed by atoms with Gasteiger partial charge in [0.2, 0.25) is 5.88 Å². The lowest BCUT2D eigenvalue weighted by Gasteiger charge is -2.12. The van der Waals surface area contributed by atoms with Gasteiger partial charge in [-0.3, -0.25) is 0 Å². The molecule has 2 aromatic rings. The van der Waals surface area contributed by atoms with Crippen LogP contribution in [-0.2, 0) is 11.3 Å². The van der Waals surface area contributed by atoms with Crippen molar-refractivity contribution < 1.29 is 9.47 Å². The molecule has 0 saturated carbocycles. The molecule has 4 nitrogen and oxygen atoms in total. The van der Waals surface area contributed by atoms with Gasteiger partial charge in [0, 0.05) is 25.1 Å². The third kappa shape index (κ3) is 4.69. The van der Waals surface area contributed by atoms with Gasteiger partial charge >= 0.3 is 0 Å². The van der Waals surface area contributed by atoms with Gasteiger partial charge in [-0.05, 0) is 24.1 Å². The number of fused-ring (bicyclic) bond motifs is 1. The van der Waals surface area contributed by atoms with Crippen LogP contribution in [0.5, 0.6) is 5.88 Å². The maximum Gasteiger partial charge on any atom is 0.214 e. The van der Waals surface area contributed by atoms with Crippen molar-refractivity contribution in [2.45, 2.75) is 20.4 Å². The Morgan fingerprint density at radius 3 is 2.76 bits per heavy atom. The van der Waals surface area contributed by atoms with Crippen molar-refractivity contribution in [3.05, 3.63) is 35.9 Å². The Hall–Kier alpha value is -1.65. The molecule has 0 aliphatic rings. The molecule has 0 fully saturated rings. The van der Waals surface area contributed by atoms with Crippen molar-refractivity contribution in [3.63, 3.8) is 0 Å². The summed E-state index contributed by atoms with van der Waals surface area (Å²) in [4.78, 5) is 4.55. The molecule has 0 radical (unpaired) electrons. The minimum atomic E-state index is 0.515. The number of aromatic nitrogens is 1. The average molecular weight is 288 g/mol. The molecule has 21 heavy (non-hydrogen) atoms. The van der Waals surface area contributed by atoms with Gasteiger partial charge in [0.05, 0.1) is 12.1 Å². The Morgan fingerprint density at radius 1 is 1.19 bits per heavy atom. The van der Waals surface area contributed by atoms with Crippen LogP contribution in [0.25, 0.3) is 10.9 Å². The molecule has 0 unspecified atom stereocenters. The predicted molar refractivity (Wildman–Crippen MR) is 85.7 cm³/mol. The quantitative estimate of drug-likeness (QED) is 0.758. The zero-order chi connectivity index (χ0) is 15.1. The Balaban J connectivity index is 2.18. The molecule has 0 aliphatic carbocycles. The SMILES string of the molecule is COCCOc1cc(CNCC(C)C)c2ccccc2n1. The van der Waals surface area contributed by atoms with Crippen LogP contribution in [0.3, 0.4) is 0 Å². The molecule has 114 valence electrons. The molecule has 4 heteroatoms. The number of para-hydroxylation sites is 1. The Kier molecular flexibility index (Phi) is 5.96. The number of hydrogen-bond acceptors (Lipinski definition) is 4. The summed E-state index contributed by atoms with van der Waals surface area (Å²) in [5.74, 6) is 1.29. The van der Waals surface area contributed by atoms with Crippen molar-refractivity contribution in [2.24, 2.45) is 5.92 Å². The van der Waals surface area contributed by atoms with E-state index in [1.807, 2.05) is 24.3 Å². The second kappa shape index (κ2) is 7.96. The van der Waals surface area contributed by atoms with E-state index in [1.165, 1.54) is 10.9 Å². The lowest BCUT2D eigenvalue weighted by atomic mass is 10.1. The molecule has 1 aromatic heterocycles. The van der Waals surface area contributed by atoms with Gasteiger partial charge < -0.3 is 14.8 Å². The van der Waals surface area contributed by atoms with Gasteiger partial charge in [-0.25, -0.2) is 4.98 Å². The number of rotatable bonds is 8. The van der Waals surface area contributed by atoms with E-state index < -0.39 is 0 Å². The van der Waals surface area contributed by atoms with Crippen LogP contribution in [0.15, 0.2) is 30.3 Å². The van der Waals surface area contributed by atoms with Crippen LogP contribution in [-0.4, -0.2) is 31.9 Å². The number of pyridine rings is 1. The van der Waals surface area contributed by atoms with E-state index in [9.17, 15) is 0 Å². The van der Waals surface area contributed by atoms with Gasteiger partial charge in [0.1, 0.15) is 6.61 Å². The summed E-state index contributed by atoms with van der Waals surface area (Å²) in [5.41, 5.74) is 2.18. The summed E-state index contributed by atoms with van der Waals surface area (Å²) in [5, 5.41) is 4.65. The first-order valence-corrected chi connectivity index (χ1v) is 7.42. The highest BCUT2D eigenvalue weighted by molar-refractivity contribution is 5.82. The number of methoxy groups -OCH3 is 1. The predicted octanol–water partition coefficient (Wildman–Crippen LogP) is 3.01. The Bertz CT molecular complexity index is 570. The minimum Gasteiger partial charge on any atom is -0.475 e. The van der Waals surface area contributed by atoms with Crippen LogP contribution in [0.2, 0.25) is 0 Å². The van der Waals surface area contributed by atoms with Gasteiger partial charge in [-0.1, -0.05) is 32.0 Å². The smallest absolute Gasteiger partial charge is 0.214 e. The lowest BCUT2D eigenvalue weighted by molar-refractivity contribution is 0.144. The van der Waals surface area contributed by atoms with Crippen LogP contribution >= 0.6 is 0 Å². The van der Waals surface area contributed by atoms with Gasteiger partial charge in [0.15, 0.2) is 0 Å². The zero-order valence-electron chi connectivity index (χ0n) is 13.1. The summed E-state index contributed by atoms with van der Waals surface area (Å²) < 4.78 is 10.7. The standard InChI is InChI=1S/C17H24N2O2/c1-13(2)11-18-12-14-10-17(21-9-8-20-3)19-16-7-5-4-6-15(14)16/h4-7,10,13,18H,8-9,11-12H2,1-3H3. The maximum atomic E-state index is 5.66. The molecule has 1 N–H and O–H groups in total. The monoisotopic (exact) mass is 288 g/mol. The second-order valence-electron chi connectivity index (χ2n) is 5.50. The number of ether oxygens (including phenoxy) is 2. The molecule has 0 spiro atoms. The van der Waals surface area contributed by atoms with Crippen molar-refractivity contribution in [1.82, 2.24) is 10.3 Å². The molecule has 0 atom stereocenters. The third-order valence-electron chi connectivity index (χ3n) is 3.18. The molecule has 1 aromatic carbocycles.